The van der Waals surface area contributed by atoms with Crippen LogP contribution < -0.4 is 0 Å². The minimum atomic E-state index is -0.877. The fourth-order valence-corrected chi connectivity index (χ4v) is 3.44. The Bertz CT molecular complexity index is 771. The number of carbonyl (C=O) groups excluding carboxylic acids is 1. The smallest absolute Gasteiger partial charge is 0.308 e. The van der Waals surface area contributed by atoms with Gasteiger partial charge in [0.25, 0.3) is 5.91 Å². The molecule has 1 aromatic carbocycles. The van der Waals surface area contributed by atoms with Crippen LogP contribution in [0.4, 0.5) is 0 Å². The number of aromatic nitrogens is 1. The fourth-order valence-electron chi connectivity index (χ4n) is 2.98. The van der Waals surface area contributed by atoms with Crippen molar-refractivity contribution in [3.63, 3.8) is 0 Å². The van der Waals surface area contributed by atoms with Crippen molar-refractivity contribution >= 4 is 46.0 Å². The highest BCUT2D eigenvalue weighted by Crippen LogP contribution is 2.33. The number of aromatic amines is 1. The normalized spacial score (nSPS) is 21.5. The van der Waals surface area contributed by atoms with Gasteiger partial charge in [0, 0.05) is 28.5 Å². The number of benzene rings is 1. The van der Waals surface area contributed by atoms with Crippen LogP contribution >= 0.6 is 23.2 Å². The summed E-state index contributed by atoms with van der Waals surface area (Å²) in [5, 5.41) is 10.7. The predicted octanol–water partition coefficient (Wildman–Crippen LogP) is 3.41. The molecule has 0 bridgehead atoms. The third kappa shape index (κ3) is 2.34. The average Bonchev–Trinajstić information content (AvgIpc) is 3.00. The molecule has 7 heteroatoms. The molecule has 1 fully saturated rings. The molecule has 0 spiro atoms. The van der Waals surface area contributed by atoms with Crippen molar-refractivity contribution in [2.24, 2.45) is 5.92 Å². The molecule has 0 radical (unpaired) electrons. The predicted molar refractivity (Wildman–Crippen MR) is 84.6 cm³/mol. The summed E-state index contributed by atoms with van der Waals surface area (Å²) < 4.78 is 0. The third-order valence-corrected chi connectivity index (χ3v) is 4.87. The van der Waals surface area contributed by atoms with Crippen LogP contribution in [0, 0.1) is 5.92 Å². The second-order valence-electron chi connectivity index (χ2n) is 5.48. The van der Waals surface area contributed by atoms with Crippen LogP contribution in [0.5, 0.6) is 0 Å². The number of halogens is 2. The standard InChI is InChI=1S/C15H14Cl2N2O3/c1-7-9(15(21)22)4-5-19(7)14(20)13-12(17)10-6-8(16)2-3-11(10)18-13/h2-3,6-7,9,18H,4-5H2,1H3,(H,21,22). The number of carbonyl (C=O) groups is 2. The van der Waals surface area contributed by atoms with Crippen molar-refractivity contribution in [1.82, 2.24) is 9.88 Å². The Morgan fingerprint density at radius 2 is 2.09 bits per heavy atom. The number of rotatable bonds is 2. The van der Waals surface area contributed by atoms with Gasteiger partial charge in [-0.15, -0.1) is 0 Å². The Hall–Kier alpha value is -1.72. The quantitative estimate of drug-likeness (QED) is 0.879. The number of amides is 1. The number of nitrogens with one attached hydrogen (secondary N) is 1. The van der Waals surface area contributed by atoms with Crippen molar-refractivity contribution in [3.05, 3.63) is 33.9 Å². The van der Waals surface area contributed by atoms with E-state index in [1.807, 2.05) is 0 Å². The molecule has 1 aromatic heterocycles. The number of aliphatic carboxylic acids is 1. The van der Waals surface area contributed by atoms with E-state index in [1.54, 1.807) is 30.0 Å². The lowest BCUT2D eigenvalue weighted by molar-refractivity contribution is -0.142. The van der Waals surface area contributed by atoms with Crippen LogP contribution in [0.3, 0.4) is 0 Å². The van der Waals surface area contributed by atoms with Gasteiger partial charge in [0.05, 0.1) is 10.9 Å². The van der Waals surface area contributed by atoms with E-state index in [2.05, 4.69) is 4.98 Å². The van der Waals surface area contributed by atoms with Gasteiger partial charge in [-0.3, -0.25) is 9.59 Å². The fraction of sp³-hybridized carbons (Fsp3) is 0.333. The highest BCUT2D eigenvalue weighted by atomic mass is 35.5. The molecule has 22 heavy (non-hydrogen) atoms. The van der Waals surface area contributed by atoms with Gasteiger partial charge in [-0.25, -0.2) is 0 Å². The first-order valence-electron chi connectivity index (χ1n) is 6.90. The first kappa shape index (κ1) is 15.2. The molecule has 2 N–H and O–H groups in total. The molecular weight excluding hydrogens is 327 g/mol. The van der Waals surface area contributed by atoms with E-state index >= 15 is 0 Å². The number of carboxylic acid groups (broad SMARTS) is 1. The lowest BCUT2D eigenvalue weighted by atomic mass is 10.0. The van der Waals surface area contributed by atoms with Gasteiger partial charge >= 0.3 is 5.97 Å². The number of hydrogen-bond acceptors (Lipinski definition) is 2. The molecule has 1 aliphatic heterocycles. The summed E-state index contributed by atoms with van der Waals surface area (Å²) in [6, 6.07) is 4.80. The Morgan fingerprint density at radius 1 is 1.36 bits per heavy atom. The van der Waals surface area contributed by atoms with E-state index in [-0.39, 0.29) is 17.6 Å². The molecule has 0 saturated carbocycles. The van der Waals surface area contributed by atoms with E-state index in [0.29, 0.717) is 28.4 Å². The summed E-state index contributed by atoms with van der Waals surface area (Å²) in [6.45, 7) is 2.15. The highest BCUT2D eigenvalue weighted by molar-refractivity contribution is 6.39. The van der Waals surface area contributed by atoms with Gasteiger partial charge < -0.3 is 15.0 Å². The number of likely N-dealkylation sites (tertiary alicyclic amines) is 1. The van der Waals surface area contributed by atoms with Crippen molar-refractivity contribution < 1.29 is 14.7 Å². The maximum atomic E-state index is 12.7. The molecule has 3 rings (SSSR count). The highest BCUT2D eigenvalue weighted by Gasteiger charge is 2.39. The van der Waals surface area contributed by atoms with Crippen LogP contribution in [0.1, 0.15) is 23.8 Å². The molecule has 1 aliphatic rings. The number of nitrogens with zero attached hydrogens (tertiary/aromatic N) is 1. The summed E-state index contributed by atoms with van der Waals surface area (Å²) in [7, 11) is 0. The summed E-state index contributed by atoms with van der Waals surface area (Å²) in [5.41, 5.74) is 0.996. The monoisotopic (exact) mass is 340 g/mol. The lowest BCUT2D eigenvalue weighted by Crippen LogP contribution is -2.37. The van der Waals surface area contributed by atoms with Crippen molar-refractivity contribution in [1.29, 1.82) is 0 Å². The second kappa shape index (κ2) is 5.48. The zero-order valence-electron chi connectivity index (χ0n) is 11.8. The molecule has 1 amide bonds. The summed E-state index contributed by atoms with van der Waals surface area (Å²) >= 11 is 12.2. The zero-order valence-corrected chi connectivity index (χ0v) is 13.3. The minimum absolute atomic E-state index is 0.275. The van der Waals surface area contributed by atoms with Crippen molar-refractivity contribution in [2.75, 3.05) is 6.54 Å². The van der Waals surface area contributed by atoms with Gasteiger partial charge in [-0.1, -0.05) is 23.2 Å². The minimum Gasteiger partial charge on any atom is -0.481 e. The van der Waals surface area contributed by atoms with E-state index in [1.165, 1.54) is 0 Å². The number of fused-ring (bicyclic) bond motifs is 1. The maximum Gasteiger partial charge on any atom is 0.308 e. The summed E-state index contributed by atoms with van der Waals surface area (Å²) in [5.74, 6) is -1.70. The Labute approximate surface area is 136 Å². The molecule has 116 valence electrons. The van der Waals surface area contributed by atoms with Crippen LogP contribution in [-0.4, -0.2) is 39.5 Å². The molecule has 2 aromatic rings. The van der Waals surface area contributed by atoms with Crippen LogP contribution in [0.25, 0.3) is 10.9 Å². The Kier molecular flexibility index (Phi) is 3.78. The topological polar surface area (TPSA) is 73.4 Å². The largest absolute Gasteiger partial charge is 0.481 e. The number of H-pyrrole nitrogens is 1. The first-order valence-corrected chi connectivity index (χ1v) is 7.66. The van der Waals surface area contributed by atoms with E-state index in [4.69, 9.17) is 28.3 Å². The van der Waals surface area contributed by atoms with Crippen LogP contribution in [0.2, 0.25) is 10.0 Å². The zero-order chi connectivity index (χ0) is 16.0. The van der Waals surface area contributed by atoms with E-state index < -0.39 is 11.9 Å². The van der Waals surface area contributed by atoms with Gasteiger partial charge in [0.15, 0.2) is 0 Å². The van der Waals surface area contributed by atoms with Crippen LogP contribution in [-0.2, 0) is 4.79 Å². The van der Waals surface area contributed by atoms with Crippen molar-refractivity contribution in [2.45, 2.75) is 19.4 Å². The molecular formula is C15H14Cl2N2O3. The van der Waals surface area contributed by atoms with Gasteiger partial charge in [0.1, 0.15) is 5.69 Å². The van der Waals surface area contributed by atoms with Gasteiger partial charge in [-0.05, 0) is 31.5 Å². The molecule has 2 unspecified atom stereocenters. The van der Waals surface area contributed by atoms with Crippen molar-refractivity contribution in [3.8, 4) is 0 Å². The SMILES string of the molecule is CC1C(C(=O)O)CCN1C(=O)c1[nH]c2ccc(Cl)cc2c1Cl. The summed E-state index contributed by atoms with van der Waals surface area (Å²) in [6.07, 6.45) is 0.450. The molecule has 2 heterocycles. The number of carboxylic acids is 1. The molecule has 5 nitrogen and oxygen atoms in total. The van der Waals surface area contributed by atoms with E-state index in [0.717, 1.165) is 5.52 Å². The first-order chi connectivity index (χ1) is 10.4. The van der Waals surface area contributed by atoms with Gasteiger partial charge in [-0.2, -0.15) is 0 Å². The Morgan fingerprint density at radius 3 is 2.73 bits per heavy atom. The molecule has 0 aliphatic carbocycles. The second-order valence-corrected chi connectivity index (χ2v) is 6.29. The third-order valence-electron chi connectivity index (χ3n) is 4.24. The lowest BCUT2D eigenvalue weighted by Gasteiger charge is -2.22. The Balaban J connectivity index is 1.96. The van der Waals surface area contributed by atoms with Crippen LogP contribution in [0.15, 0.2) is 18.2 Å². The number of hydrogen-bond donors (Lipinski definition) is 2. The molecule has 1 saturated heterocycles. The average molecular weight is 341 g/mol. The maximum absolute atomic E-state index is 12.7. The molecule has 2 atom stereocenters. The van der Waals surface area contributed by atoms with E-state index in [9.17, 15) is 9.59 Å². The summed E-state index contributed by atoms with van der Waals surface area (Å²) in [4.78, 5) is 28.4. The van der Waals surface area contributed by atoms with Gasteiger partial charge in [0.2, 0.25) is 0 Å².